The van der Waals surface area contributed by atoms with Crippen LogP contribution in [0.25, 0.3) is 10.8 Å². The van der Waals surface area contributed by atoms with Gasteiger partial charge in [-0.2, -0.15) is 0 Å². The van der Waals surface area contributed by atoms with Crippen LogP contribution in [0.2, 0.25) is 5.02 Å². The van der Waals surface area contributed by atoms with E-state index in [1.807, 2.05) is 27.9 Å². The van der Waals surface area contributed by atoms with Crippen LogP contribution in [0, 0.1) is 0 Å². The zero-order chi connectivity index (χ0) is 28.8. The van der Waals surface area contributed by atoms with E-state index in [-0.39, 0.29) is 23.4 Å². The first-order chi connectivity index (χ1) is 19.0. The molecule has 13 heteroatoms. The van der Waals surface area contributed by atoms with Gasteiger partial charge < -0.3 is 24.7 Å². The van der Waals surface area contributed by atoms with Crippen molar-refractivity contribution in [2.24, 2.45) is 0 Å². The molecule has 40 heavy (non-hydrogen) atoms. The standard InChI is InChI=1S/C27H32ClN5O6S/c1-3-32(27(36)37)24(15-40(38,39)22-7-5-18-12-20(28)6-4-19(18)13-22)25(34)30-10-8-21(9-11-30)33-17-31-16-29(2)14-23(31)26(33)35/h4-7,12-14,21,24H,3,8-11,15-17H2,1-2H3,(H,36,37)/t24-/m1/s1. The fraction of sp³-hybridized carbons (Fsp3) is 0.444. The fourth-order valence-electron chi connectivity index (χ4n) is 5.75. The van der Waals surface area contributed by atoms with E-state index in [0.29, 0.717) is 55.4 Å². The molecule has 11 nitrogen and oxygen atoms in total. The zero-order valence-electron chi connectivity index (χ0n) is 22.4. The predicted octanol–water partition coefficient (Wildman–Crippen LogP) is 2.47. The number of hydrogen-bond donors (Lipinski definition) is 1. The lowest BCUT2D eigenvalue weighted by Crippen LogP contribution is -2.56. The summed E-state index contributed by atoms with van der Waals surface area (Å²) in [6.07, 6.45) is 1.53. The number of likely N-dealkylation sites (tertiary alicyclic amines) is 1. The smallest absolute Gasteiger partial charge is 0.408 e. The van der Waals surface area contributed by atoms with E-state index >= 15 is 0 Å². The molecule has 0 saturated carbocycles. The summed E-state index contributed by atoms with van der Waals surface area (Å²) in [6, 6.07) is 8.25. The number of carbonyl (C=O) groups excluding carboxylic acids is 2. The summed E-state index contributed by atoms with van der Waals surface area (Å²) in [4.78, 5) is 46.9. The van der Waals surface area contributed by atoms with Gasteiger partial charge in [-0.15, -0.1) is 0 Å². The second-order valence-electron chi connectivity index (χ2n) is 10.4. The minimum absolute atomic E-state index is 0.00770. The maximum Gasteiger partial charge on any atom is 0.408 e. The molecule has 5 rings (SSSR count). The summed E-state index contributed by atoms with van der Waals surface area (Å²) in [6.45, 7) is 3.28. The van der Waals surface area contributed by atoms with E-state index in [1.54, 1.807) is 31.2 Å². The van der Waals surface area contributed by atoms with Crippen molar-refractivity contribution in [1.82, 2.24) is 24.5 Å². The Kier molecular flexibility index (Phi) is 7.58. The summed E-state index contributed by atoms with van der Waals surface area (Å²) in [7, 11) is -2.12. The molecule has 2 aromatic rings. The zero-order valence-corrected chi connectivity index (χ0v) is 23.9. The van der Waals surface area contributed by atoms with Crippen LogP contribution in [-0.2, 0) is 19.4 Å². The van der Waals surface area contributed by atoms with Gasteiger partial charge in [-0.25, -0.2) is 13.2 Å². The minimum Gasteiger partial charge on any atom is -0.465 e. The Labute approximate surface area is 238 Å². The number of rotatable bonds is 7. The van der Waals surface area contributed by atoms with E-state index < -0.39 is 33.6 Å². The van der Waals surface area contributed by atoms with Crippen LogP contribution in [0.5, 0.6) is 0 Å². The van der Waals surface area contributed by atoms with E-state index in [9.17, 15) is 27.9 Å². The number of hydrogen-bond acceptors (Lipinski definition) is 7. The van der Waals surface area contributed by atoms with Crippen molar-refractivity contribution in [2.45, 2.75) is 36.7 Å². The van der Waals surface area contributed by atoms with E-state index in [2.05, 4.69) is 0 Å². The highest BCUT2D eigenvalue weighted by molar-refractivity contribution is 7.91. The van der Waals surface area contributed by atoms with E-state index in [0.717, 1.165) is 10.3 Å². The van der Waals surface area contributed by atoms with Crippen molar-refractivity contribution in [3.8, 4) is 0 Å². The molecule has 3 aliphatic rings. The van der Waals surface area contributed by atoms with Gasteiger partial charge in [0.2, 0.25) is 5.91 Å². The molecule has 214 valence electrons. The molecule has 3 aliphatic heterocycles. The lowest BCUT2D eigenvalue weighted by molar-refractivity contribution is -0.138. The minimum atomic E-state index is -4.03. The Morgan fingerprint density at radius 2 is 1.77 bits per heavy atom. The normalized spacial score (nSPS) is 18.8. The topological polar surface area (TPSA) is 122 Å². The van der Waals surface area contributed by atoms with Gasteiger partial charge in [0.25, 0.3) is 5.91 Å². The van der Waals surface area contributed by atoms with Crippen molar-refractivity contribution in [2.75, 3.05) is 45.8 Å². The summed E-state index contributed by atoms with van der Waals surface area (Å²) in [5, 5.41) is 11.8. The van der Waals surface area contributed by atoms with Gasteiger partial charge in [-0.1, -0.05) is 23.7 Å². The number of piperidine rings is 1. The number of sulfone groups is 1. The predicted molar refractivity (Wildman–Crippen MR) is 149 cm³/mol. The van der Waals surface area contributed by atoms with Crippen LogP contribution in [0.15, 0.2) is 53.2 Å². The average Bonchev–Trinajstić information content (AvgIpc) is 3.43. The van der Waals surface area contributed by atoms with Gasteiger partial charge in [-0.05, 0) is 54.8 Å². The van der Waals surface area contributed by atoms with Crippen molar-refractivity contribution in [3.05, 3.63) is 53.3 Å². The van der Waals surface area contributed by atoms with Crippen LogP contribution in [0.1, 0.15) is 19.8 Å². The summed E-state index contributed by atoms with van der Waals surface area (Å²) < 4.78 is 27.0. The molecule has 3 heterocycles. The molecule has 2 fully saturated rings. The molecule has 0 bridgehead atoms. The first kappa shape index (κ1) is 28.0. The molecule has 1 atom stereocenters. The Morgan fingerprint density at radius 1 is 1.10 bits per heavy atom. The van der Waals surface area contributed by atoms with Crippen LogP contribution in [0.3, 0.4) is 0 Å². The third kappa shape index (κ3) is 5.29. The summed E-state index contributed by atoms with van der Waals surface area (Å²) in [5.74, 6) is -1.25. The Balaban J connectivity index is 1.32. The number of nitrogens with zero attached hydrogens (tertiary/aromatic N) is 5. The van der Waals surface area contributed by atoms with E-state index in [1.165, 1.54) is 17.0 Å². The molecule has 0 aliphatic carbocycles. The van der Waals surface area contributed by atoms with Crippen LogP contribution in [-0.4, -0.2) is 114 Å². The lowest BCUT2D eigenvalue weighted by Gasteiger charge is -2.39. The molecule has 0 spiro atoms. The molecule has 0 radical (unpaired) electrons. The number of carboxylic acid groups (broad SMARTS) is 1. The molecule has 3 amide bonds. The second kappa shape index (κ2) is 10.8. The third-order valence-electron chi connectivity index (χ3n) is 7.85. The molecule has 2 aromatic carbocycles. The Hall–Kier alpha value is -3.51. The second-order valence-corrected chi connectivity index (χ2v) is 12.9. The first-order valence-electron chi connectivity index (χ1n) is 13.2. The molecule has 0 unspecified atom stereocenters. The number of amides is 3. The monoisotopic (exact) mass is 589 g/mol. The number of halogens is 1. The van der Waals surface area contributed by atoms with Crippen LogP contribution in [0.4, 0.5) is 4.79 Å². The average molecular weight is 590 g/mol. The lowest BCUT2D eigenvalue weighted by atomic mass is 10.0. The molecule has 1 N–H and O–H groups in total. The van der Waals surface area contributed by atoms with Gasteiger partial charge in [0.05, 0.1) is 24.0 Å². The first-order valence-corrected chi connectivity index (χ1v) is 15.2. The van der Waals surface area contributed by atoms with Crippen molar-refractivity contribution < 1.29 is 27.9 Å². The highest BCUT2D eigenvalue weighted by Gasteiger charge is 2.42. The van der Waals surface area contributed by atoms with E-state index in [4.69, 9.17) is 11.6 Å². The largest absolute Gasteiger partial charge is 0.465 e. The number of benzene rings is 2. The van der Waals surface area contributed by atoms with Crippen molar-refractivity contribution >= 4 is 50.1 Å². The van der Waals surface area contributed by atoms with Gasteiger partial charge >= 0.3 is 6.09 Å². The SMILES string of the molecule is CCN(C(=O)O)[C@H](CS(=O)(=O)c1ccc2cc(Cl)ccc2c1)C(=O)N1CCC(N2CN3CN(C)C=C3C2=O)CC1. The van der Waals surface area contributed by atoms with Crippen molar-refractivity contribution in [3.63, 3.8) is 0 Å². The highest BCUT2D eigenvalue weighted by atomic mass is 35.5. The quantitative estimate of drug-likeness (QED) is 0.523. The maximum atomic E-state index is 13.7. The Bertz CT molecular complexity index is 1490. The van der Waals surface area contributed by atoms with Gasteiger partial charge in [0.1, 0.15) is 11.7 Å². The maximum absolute atomic E-state index is 13.7. The highest BCUT2D eigenvalue weighted by Crippen LogP contribution is 2.30. The molecule has 2 saturated heterocycles. The van der Waals surface area contributed by atoms with Crippen LogP contribution < -0.4 is 0 Å². The Morgan fingerprint density at radius 3 is 2.42 bits per heavy atom. The van der Waals surface area contributed by atoms with Gasteiger partial charge in [0.15, 0.2) is 9.84 Å². The molecular weight excluding hydrogens is 558 g/mol. The van der Waals surface area contributed by atoms with Crippen molar-refractivity contribution in [1.29, 1.82) is 0 Å². The number of likely N-dealkylation sites (N-methyl/N-ethyl adjacent to an activating group) is 1. The summed E-state index contributed by atoms with van der Waals surface area (Å²) >= 11 is 6.04. The van der Waals surface area contributed by atoms with Gasteiger partial charge in [0, 0.05) is 43.9 Å². The molecular formula is C27H32ClN5O6S. The number of carbonyl (C=O) groups is 3. The number of fused-ring (bicyclic) bond motifs is 2. The van der Waals surface area contributed by atoms with Gasteiger partial charge in [-0.3, -0.25) is 14.5 Å². The third-order valence-corrected chi connectivity index (χ3v) is 9.82. The summed E-state index contributed by atoms with van der Waals surface area (Å²) in [5.41, 5.74) is 0.670. The van der Waals surface area contributed by atoms with Crippen LogP contribution >= 0.6 is 11.6 Å². The molecule has 0 aromatic heterocycles. The fourth-order valence-corrected chi connectivity index (χ4v) is 7.44.